The molecule has 2 aliphatic rings. The molecule has 11 heteroatoms. The Balaban J connectivity index is 1.67. The van der Waals surface area contributed by atoms with Crippen molar-refractivity contribution in [3.8, 4) is 0 Å². The normalized spacial score (nSPS) is 19.6. The van der Waals surface area contributed by atoms with Gasteiger partial charge in [-0.15, -0.1) is 0 Å². The highest BCUT2D eigenvalue weighted by Crippen LogP contribution is 2.33. The number of hydrogen-bond donors (Lipinski definition) is 0. The van der Waals surface area contributed by atoms with Crippen LogP contribution in [-0.4, -0.2) is 74.9 Å². The third kappa shape index (κ3) is 5.61. The molecule has 36 heavy (non-hydrogen) atoms. The molecule has 0 spiro atoms. The Kier molecular flexibility index (Phi) is 8.38. The first-order chi connectivity index (χ1) is 17.1. The molecule has 0 N–H and O–H groups in total. The number of hydrogen-bond acceptors (Lipinski definition) is 6. The smallest absolute Gasteiger partial charge is 0.252 e. The van der Waals surface area contributed by atoms with Gasteiger partial charge in [0.25, 0.3) is 5.91 Å². The van der Waals surface area contributed by atoms with E-state index in [9.17, 15) is 18.0 Å². The van der Waals surface area contributed by atoms with Crippen LogP contribution < -0.4 is 4.90 Å². The number of anilines is 1. The predicted molar refractivity (Wildman–Crippen MR) is 139 cm³/mol. The zero-order valence-electron chi connectivity index (χ0n) is 20.2. The molecule has 2 amide bonds. The van der Waals surface area contributed by atoms with Gasteiger partial charge in [-0.2, -0.15) is 4.31 Å². The van der Waals surface area contributed by atoms with E-state index in [0.29, 0.717) is 44.5 Å². The van der Waals surface area contributed by atoms with Gasteiger partial charge in [-0.25, -0.2) is 13.3 Å². The van der Waals surface area contributed by atoms with Gasteiger partial charge < -0.3 is 4.74 Å². The first kappa shape index (κ1) is 27.0. The second kappa shape index (κ2) is 11.2. The van der Waals surface area contributed by atoms with Crippen LogP contribution in [0.3, 0.4) is 0 Å². The Morgan fingerprint density at radius 2 is 1.72 bits per heavy atom. The number of nitrogens with zero attached hydrogens (tertiary/aromatic N) is 3. The van der Waals surface area contributed by atoms with Gasteiger partial charge in [0.1, 0.15) is 10.9 Å². The van der Waals surface area contributed by atoms with Gasteiger partial charge in [-0.05, 0) is 41.8 Å². The second-order valence-electron chi connectivity index (χ2n) is 9.18. The standard InChI is InChI=1S/C25H29Cl2N3O5S/c1-17(2)18-3-6-20(7-4-18)30-24(31)16-22(25(30)32)29(10-9-28-11-13-35-14-12-28)36(33,34)23-15-19(26)5-8-21(23)27/h3-8,15,17,22H,9-14,16H2,1-2H3. The summed E-state index contributed by atoms with van der Waals surface area (Å²) < 4.78 is 34.2. The summed E-state index contributed by atoms with van der Waals surface area (Å²) in [6.45, 7) is 6.89. The van der Waals surface area contributed by atoms with E-state index < -0.39 is 27.9 Å². The molecule has 2 heterocycles. The Bertz CT molecular complexity index is 1230. The molecule has 0 saturated carbocycles. The van der Waals surface area contributed by atoms with Crippen LogP contribution >= 0.6 is 23.2 Å². The van der Waals surface area contributed by atoms with Gasteiger partial charge in [0.15, 0.2) is 0 Å². The molecular formula is C25H29Cl2N3O5S. The lowest BCUT2D eigenvalue weighted by molar-refractivity contribution is -0.122. The Morgan fingerprint density at radius 1 is 1.06 bits per heavy atom. The fourth-order valence-electron chi connectivity index (χ4n) is 4.43. The number of ether oxygens (including phenoxy) is 1. The highest BCUT2D eigenvalue weighted by Gasteiger charge is 2.47. The molecule has 0 radical (unpaired) electrons. The van der Waals surface area contributed by atoms with Crippen LogP contribution in [-0.2, 0) is 24.3 Å². The molecule has 4 rings (SSSR count). The minimum atomic E-state index is -4.26. The van der Waals surface area contributed by atoms with Crippen LogP contribution in [0.1, 0.15) is 31.7 Å². The van der Waals surface area contributed by atoms with Crippen molar-refractivity contribution in [3.05, 3.63) is 58.1 Å². The zero-order chi connectivity index (χ0) is 26.0. The number of sulfonamides is 1. The van der Waals surface area contributed by atoms with E-state index in [1.165, 1.54) is 18.2 Å². The van der Waals surface area contributed by atoms with Crippen LogP contribution in [0.5, 0.6) is 0 Å². The van der Waals surface area contributed by atoms with Gasteiger partial charge in [-0.1, -0.05) is 49.2 Å². The molecule has 2 saturated heterocycles. The number of halogens is 2. The minimum absolute atomic E-state index is 0.00586. The van der Waals surface area contributed by atoms with Gasteiger partial charge in [0.05, 0.1) is 30.3 Å². The molecule has 2 fully saturated rings. The van der Waals surface area contributed by atoms with Crippen LogP contribution in [0.25, 0.3) is 0 Å². The molecule has 194 valence electrons. The summed E-state index contributed by atoms with van der Waals surface area (Å²) in [5, 5.41) is 0.195. The number of morpholine rings is 1. The number of carbonyl (C=O) groups is 2. The molecule has 0 aliphatic carbocycles. The maximum absolute atomic E-state index is 13.8. The SMILES string of the molecule is CC(C)c1ccc(N2C(=O)CC(N(CCN3CCOCC3)S(=O)(=O)c3cc(Cl)ccc3Cl)C2=O)cc1. The molecular weight excluding hydrogens is 525 g/mol. The van der Waals surface area contributed by atoms with Crippen molar-refractivity contribution >= 4 is 50.7 Å². The first-order valence-corrected chi connectivity index (χ1v) is 14.0. The number of benzene rings is 2. The van der Waals surface area contributed by atoms with Crippen molar-refractivity contribution in [2.45, 2.75) is 37.1 Å². The fraction of sp³-hybridized carbons (Fsp3) is 0.440. The Labute approximate surface area is 221 Å². The maximum Gasteiger partial charge on any atom is 0.252 e. The molecule has 2 aromatic carbocycles. The summed E-state index contributed by atoms with van der Waals surface area (Å²) in [4.78, 5) is 29.5. The number of rotatable bonds is 8. The van der Waals surface area contributed by atoms with Gasteiger partial charge in [-0.3, -0.25) is 14.5 Å². The molecule has 0 aromatic heterocycles. The van der Waals surface area contributed by atoms with Gasteiger partial charge in [0.2, 0.25) is 15.9 Å². The highest BCUT2D eigenvalue weighted by atomic mass is 35.5. The van der Waals surface area contributed by atoms with E-state index in [-0.39, 0.29) is 27.9 Å². The molecule has 1 unspecified atom stereocenters. The van der Waals surface area contributed by atoms with Gasteiger partial charge in [0, 0.05) is 31.2 Å². The summed E-state index contributed by atoms with van der Waals surface area (Å²) in [5.74, 6) is -0.743. The molecule has 0 bridgehead atoms. The lowest BCUT2D eigenvalue weighted by Crippen LogP contribution is -2.49. The van der Waals surface area contributed by atoms with Crippen LogP contribution in [0.4, 0.5) is 5.69 Å². The van der Waals surface area contributed by atoms with Crippen molar-refractivity contribution in [2.75, 3.05) is 44.3 Å². The third-order valence-electron chi connectivity index (χ3n) is 6.51. The predicted octanol–water partition coefficient (Wildman–Crippen LogP) is 3.77. The van der Waals surface area contributed by atoms with Gasteiger partial charge >= 0.3 is 0 Å². The van der Waals surface area contributed by atoms with Crippen molar-refractivity contribution in [3.63, 3.8) is 0 Å². The van der Waals surface area contributed by atoms with Crippen molar-refractivity contribution < 1.29 is 22.7 Å². The fourth-order valence-corrected chi connectivity index (χ4v) is 6.74. The Hall–Kier alpha value is -2.01. The van der Waals surface area contributed by atoms with E-state index in [1.54, 1.807) is 12.1 Å². The van der Waals surface area contributed by atoms with E-state index in [1.807, 2.05) is 12.1 Å². The largest absolute Gasteiger partial charge is 0.379 e. The molecule has 2 aliphatic heterocycles. The zero-order valence-corrected chi connectivity index (χ0v) is 22.5. The highest BCUT2D eigenvalue weighted by molar-refractivity contribution is 7.89. The lowest BCUT2D eigenvalue weighted by atomic mass is 10.0. The third-order valence-corrected chi connectivity index (χ3v) is 9.13. The minimum Gasteiger partial charge on any atom is -0.379 e. The maximum atomic E-state index is 13.8. The quantitative estimate of drug-likeness (QED) is 0.462. The topological polar surface area (TPSA) is 87.2 Å². The van der Waals surface area contributed by atoms with E-state index in [2.05, 4.69) is 18.7 Å². The first-order valence-electron chi connectivity index (χ1n) is 11.8. The summed E-state index contributed by atoms with van der Waals surface area (Å²) >= 11 is 12.3. The monoisotopic (exact) mass is 553 g/mol. The Morgan fingerprint density at radius 3 is 2.36 bits per heavy atom. The average molecular weight is 554 g/mol. The van der Waals surface area contributed by atoms with Crippen molar-refractivity contribution in [2.24, 2.45) is 0 Å². The van der Waals surface area contributed by atoms with E-state index in [4.69, 9.17) is 27.9 Å². The van der Waals surface area contributed by atoms with Crippen molar-refractivity contribution in [1.82, 2.24) is 9.21 Å². The molecule has 8 nitrogen and oxygen atoms in total. The summed E-state index contributed by atoms with van der Waals surface area (Å²) in [7, 11) is -4.26. The van der Waals surface area contributed by atoms with E-state index in [0.717, 1.165) is 14.8 Å². The van der Waals surface area contributed by atoms with E-state index >= 15 is 0 Å². The molecule has 1 atom stereocenters. The number of imide groups is 1. The second-order valence-corrected chi connectivity index (χ2v) is 11.9. The van der Waals surface area contributed by atoms with Crippen molar-refractivity contribution in [1.29, 1.82) is 0 Å². The van der Waals surface area contributed by atoms with Crippen LogP contribution in [0.2, 0.25) is 10.0 Å². The number of amides is 2. The summed E-state index contributed by atoms with van der Waals surface area (Å²) in [6, 6.07) is 10.1. The number of carbonyl (C=O) groups excluding carboxylic acids is 2. The van der Waals surface area contributed by atoms with Crippen LogP contribution in [0, 0.1) is 0 Å². The summed E-state index contributed by atoms with van der Waals surface area (Å²) in [6.07, 6.45) is -0.259. The molecule has 2 aromatic rings. The lowest BCUT2D eigenvalue weighted by Gasteiger charge is -2.31. The average Bonchev–Trinajstić information content (AvgIpc) is 3.14. The van der Waals surface area contributed by atoms with Crippen LogP contribution in [0.15, 0.2) is 47.4 Å². The summed E-state index contributed by atoms with van der Waals surface area (Å²) in [5.41, 5.74) is 1.49.